The Morgan fingerprint density at radius 2 is 2.10 bits per heavy atom. The topological polar surface area (TPSA) is 16.1 Å². The second-order valence-corrected chi connectivity index (χ2v) is 9.33. The molecule has 1 unspecified atom stereocenters. The highest BCUT2D eigenvalue weighted by Gasteiger charge is 2.28. The van der Waals surface area contributed by atoms with Crippen molar-refractivity contribution >= 4 is 11.8 Å². The summed E-state index contributed by atoms with van der Waals surface area (Å²) in [6.45, 7) is 13.9. The largest absolute Gasteiger partial charge is 0.296 e. The van der Waals surface area contributed by atoms with Gasteiger partial charge in [-0.3, -0.25) is 4.90 Å². The van der Waals surface area contributed by atoms with Gasteiger partial charge in [-0.1, -0.05) is 47.1 Å². The van der Waals surface area contributed by atoms with Gasteiger partial charge in [0.05, 0.1) is 0 Å². The highest BCUT2D eigenvalue weighted by atomic mass is 32.2. The predicted octanol–water partition coefficient (Wildman–Crippen LogP) is 5.16. The number of rotatable bonds is 4. The van der Waals surface area contributed by atoms with Crippen molar-refractivity contribution in [2.24, 2.45) is 5.92 Å². The van der Waals surface area contributed by atoms with Gasteiger partial charge in [0, 0.05) is 29.1 Å². The molecule has 2 rings (SSSR count). The molecule has 118 valence electrons. The molecule has 1 fully saturated rings. The lowest BCUT2D eigenvalue weighted by molar-refractivity contribution is 0.130. The molecule has 0 bridgehead atoms. The number of likely N-dealkylation sites (tertiary alicyclic amines) is 1. The first-order chi connectivity index (χ1) is 9.87. The van der Waals surface area contributed by atoms with Crippen LogP contribution < -0.4 is 0 Å². The normalized spacial score (nSPS) is 21.0. The van der Waals surface area contributed by atoms with Crippen LogP contribution >= 0.6 is 11.8 Å². The Morgan fingerprint density at radius 3 is 2.76 bits per heavy atom. The van der Waals surface area contributed by atoms with E-state index in [2.05, 4.69) is 56.6 Å². The number of thioether (sulfide) groups is 1. The highest BCUT2D eigenvalue weighted by Crippen LogP contribution is 2.39. The molecule has 1 saturated heterocycles. The predicted molar refractivity (Wildman–Crippen MR) is 92.9 cm³/mol. The van der Waals surface area contributed by atoms with Gasteiger partial charge in [-0.15, -0.1) is 11.8 Å². The molecule has 0 amide bonds. The van der Waals surface area contributed by atoms with Crippen molar-refractivity contribution in [3.63, 3.8) is 0 Å². The molecule has 1 aliphatic heterocycles. The van der Waals surface area contributed by atoms with Gasteiger partial charge < -0.3 is 0 Å². The molecule has 2 nitrogen and oxygen atoms in total. The van der Waals surface area contributed by atoms with Crippen LogP contribution in [0.5, 0.6) is 0 Å². The van der Waals surface area contributed by atoms with Crippen LogP contribution in [0.25, 0.3) is 0 Å². The first kappa shape index (κ1) is 16.8. The lowest BCUT2D eigenvalue weighted by Gasteiger charge is -2.38. The number of aromatic nitrogens is 1. The summed E-state index contributed by atoms with van der Waals surface area (Å²) in [6.07, 6.45) is 5.89. The van der Waals surface area contributed by atoms with E-state index in [-0.39, 0.29) is 4.75 Å². The average Bonchev–Trinajstić information content (AvgIpc) is 2.38. The summed E-state index contributed by atoms with van der Waals surface area (Å²) >= 11 is 1.90. The quantitative estimate of drug-likeness (QED) is 0.715. The summed E-state index contributed by atoms with van der Waals surface area (Å²) in [6, 6.07) is 4.95. The monoisotopic (exact) mass is 306 g/mol. The van der Waals surface area contributed by atoms with Crippen LogP contribution in [0.15, 0.2) is 23.4 Å². The number of nitrogens with zero attached hydrogens (tertiary/aromatic N) is 2. The Labute approximate surface area is 134 Å². The first-order valence-electron chi connectivity index (χ1n) is 8.25. The summed E-state index contributed by atoms with van der Waals surface area (Å²) in [5.74, 6) is 0.723. The lowest BCUT2D eigenvalue weighted by atomic mass is 9.95. The molecule has 1 aromatic rings. The summed E-state index contributed by atoms with van der Waals surface area (Å²) in [5.41, 5.74) is 1.44. The summed E-state index contributed by atoms with van der Waals surface area (Å²) in [7, 11) is 0. The molecule has 0 saturated carbocycles. The second-order valence-electron chi connectivity index (χ2n) is 7.51. The van der Waals surface area contributed by atoms with Crippen LogP contribution in [0, 0.1) is 5.92 Å². The third-order valence-electron chi connectivity index (χ3n) is 3.78. The Bertz CT molecular complexity index is 451. The average molecular weight is 307 g/mol. The molecule has 0 aromatic carbocycles. The molecule has 0 N–H and O–H groups in total. The molecular weight excluding hydrogens is 276 g/mol. The Balaban J connectivity index is 2.25. The molecule has 3 heteroatoms. The van der Waals surface area contributed by atoms with E-state index >= 15 is 0 Å². The van der Waals surface area contributed by atoms with Crippen LogP contribution in [0.3, 0.4) is 0 Å². The van der Waals surface area contributed by atoms with Gasteiger partial charge >= 0.3 is 0 Å². The second kappa shape index (κ2) is 7.15. The number of pyridine rings is 1. The van der Waals surface area contributed by atoms with E-state index in [1.807, 2.05) is 18.0 Å². The van der Waals surface area contributed by atoms with Crippen molar-refractivity contribution in [2.75, 3.05) is 13.1 Å². The number of piperidine rings is 1. The Hall–Kier alpha value is -0.540. The maximum atomic E-state index is 4.69. The van der Waals surface area contributed by atoms with Crippen molar-refractivity contribution in [3.8, 4) is 0 Å². The van der Waals surface area contributed by atoms with E-state index in [1.165, 1.54) is 42.9 Å². The molecule has 21 heavy (non-hydrogen) atoms. The maximum Gasteiger partial charge on any atom is 0.101 e. The van der Waals surface area contributed by atoms with Gasteiger partial charge in [-0.05, 0) is 31.4 Å². The molecule has 0 spiro atoms. The SMILES string of the molecule is CC(C)CN1CCCCC1c1cccnc1SC(C)(C)C. The highest BCUT2D eigenvalue weighted by molar-refractivity contribution is 8.00. The number of hydrogen-bond donors (Lipinski definition) is 0. The smallest absolute Gasteiger partial charge is 0.101 e. The minimum Gasteiger partial charge on any atom is -0.296 e. The lowest BCUT2D eigenvalue weighted by Crippen LogP contribution is -2.36. The van der Waals surface area contributed by atoms with Crippen LogP contribution in [0.2, 0.25) is 0 Å². The van der Waals surface area contributed by atoms with E-state index in [0.717, 1.165) is 5.92 Å². The maximum absolute atomic E-state index is 4.69. The fourth-order valence-electron chi connectivity index (χ4n) is 3.06. The van der Waals surface area contributed by atoms with E-state index in [1.54, 1.807) is 0 Å². The zero-order valence-corrected chi connectivity index (χ0v) is 15.0. The zero-order chi connectivity index (χ0) is 15.5. The first-order valence-corrected chi connectivity index (χ1v) is 9.06. The fraction of sp³-hybridized carbons (Fsp3) is 0.722. The van der Waals surface area contributed by atoms with Crippen molar-refractivity contribution < 1.29 is 0 Å². The minimum atomic E-state index is 0.209. The molecular formula is C18H30N2S. The standard InChI is InChI=1S/C18H30N2S/c1-14(2)13-20-12-7-6-10-16(20)15-9-8-11-19-17(15)21-18(3,4)5/h8-9,11,14,16H,6-7,10,12-13H2,1-5H3. The van der Waals surface area contributed by atoms with Crippen molar-refractivity contribution in [2.45, 2.75) is 69.7 Å². The third-order valence-corrected chi connectivity index (χ3v) is 4.92. The van der Waals surface area contributed by atoms with Gasteiger partial charge in [0.2, 0.25) is 0 Å². The van der Waals surface area contributed by atoms with Gasteiger partial charge in [0.25, 0.3) is 0 Å². The van der Waals surface area contributed by atoms with Gasteiger partial charge in [-0.2, -0.15) is 0 Å². The minimum absolute atomic E-state index is 0.209. The number of hydrogen-bond acceptors (Lipinski definition) is 3. The Morgan fingerprint density at radius 1 is 1.33 bits per heavy atom. The van der Waals surface area contributed by atoms with Crippen LogP contribution in [0.4, 0.5) is 0 Å². The van der Waals surface area contributed by atoms with Crippen molar-refractivity contribution in [3.05, 3.63) is 23.9 Å². The summed E-state index contributed by atoms with van der Waals surface area (Å²) in [4.78, 5) is 7.37. The molecule has 1 aromatic heterocycles. The van der Waals surface area contributed by atoms with E-state index in [9.17, 15) is 0 Å². The van der Waals surface area contributed by atoms with E-state index in [0.29, 0.717) is 6.04 Å². The third kappa shape index (κ3) is 5.00. The van der Waals surface area contributed by atoms with E-state index in [4.69, 9.17) is 0 Å². The van der Waals surface area contributed by atoms with Crippen molar-refractivity contribution in [1.29, 1.82) is 0 Å². The van der Waals surface area contributed by atoms with Crippen LogP contribution in [-0.2, 0) is 0 Å². The van der Waals surface area contributed by atoms with Crippen LogP contribution in [0.1, 0.15) is 65.5 Å². The van der Waals surface area contributed by atoms with Gasteiger partial charge in [0.15, 0.2) is 0 Å². The summed E-state index contributed by atoms with van der Waals surface area (Å²) < 4.78 is 0.209. The van der Waals surface area contributed by atoms with E-state index < -0.39 is 0 Å². The molecule has 1 atom stereocenters. The zero-order valence-electron chi connectivity index (χ0n) is 14.2. The van der Waals surface area contributed by atoms with Crippen LogP contribution in [-0.4, -0.2) is 27.7 Å². The van der Waals surface area contributed by atoms with Crippen molar-refractivity contribution in [1.82, 2.24) is 9.88 Å². The van der Waals surface area contributed by atoms with Gasteiger partial charge in [-0.25, -0.2) is 4.98 Å². The molecule has 0 radical (unpaired) electrons. The molecule has 2 heterocycles. The molecule has 1 aliphatic rings. The fourth-order valence-corrected chi connectivity index (χ4v) is 4.08. The Kier molecular flexibility index (Phi) is 5.73. The van der Waals surface area contributed by atoms with Gasteiger partial charge in [0.1, 0.15) is 5.03 Å². The summed E-state index contributed by atoms with van der Waals surface area (Å²) in [5, 5.41) is 1.23. The molecule has 0 aliphatic carbocycles.